The molecule has 0 aliphatic heterocycles. The summed E-state index contributed by atoms with van der Waals surface area (Å²) in [7, 11) is 0. The van der Waals surface area contributed by atoms with Crippen molar-refractivity contribution in [3.05, 3.63) is 67.6 Å². The highest BCUT2D eigenvalue weighted by Crippen LogP contribution is 2.31. The predicted octanol–water partition coefficient (Wildman–Crippen LogP) is 5.92. The van der Waals surface area contributed by atoms with E-state index in [0.717, 1.165) is 21.9 Å². The van der Waals surface area contributed by atoms with Crippen LogP contribution in [0.25, 0.3) is 0 Å². The molecule has 0 aliphatic carbocycles. The molecular weight excluding hydrogens is 390 g/mol. The number of nitrogens with one attached hydrogen (secondary N) is 1. The van der Waals surface area contributed by atoms with Crippen molar-refractivity contribution in [2.75, 3.05) is 6.54 Å². The van der Waals surface area contributed by atoms with Crippen molar-refractivity contribution in [1.29, 1.82) is 0 Å². The van der Waals surface area contributed by atoms with Crippen LogP contribution in [-0.2, 0) is 0 Å². The largest absolute Gasteiger partial charge is 0.306 e. The maximum absolute atomic E-state index is 3.69. The Balaban J connectivity index is 2.46. The molecule has 1 nitrogen and oxygen atoms in total. The molecule has 0 saturated heterocycles. The molecule has 0 bridgehead atoms. The van der Waals surface area contributed by atoms with Crippen molar-refractivity contribution in [2.45, 2.75) is 33.2 Å². The fourth-order valence-electron chi connectivity index (χ4n) is 2.38. The molecule has 2 aromatic rings. The number of aryl methyl sites for hydroxylation is 2. The van der Waals surface area contributed by atoms with Gasteiger partial charge in [0.2, 0.25) is 0 Å². The Bertz CT molecular complexity index is 623. The summed E-state index contributed by atoms with van der Waals surface area (Å²) in [6.07, 6.45) is 1.12. The third kappa shape index (κ3) is 4.18. The van der Waals surface area contributed by atoms with Crippen LogP contribution in [0.3, 0.4) is 0 Å². The summed E-state index contributed by atoms with van der Waals surface area (Å²) >= 11 is 7.28. The fourth-order valence-corrected chi connectivity index (χ4v) is 3.23. The van der Waals surface area contributed by atoms with Crippen molar-refractivity contribution < 1.29 is 0 Å². The van der Waals surface area contributed by atoms with E-state index in [4.69, 9.17) is 0 Å². The highest BCUT2D eigenvalue weighted by atomic mass is 79.9. The molecule has 21 heavy (non-hydrogen) atoms. The summed E-state index contributed by atoms with van der Waals surface area (Å²) < 4.78 is 2.24. The first-order valence-electron chi connectivity index (χ1n) is 7.28. The first-order chi connectivity index (χ1) is 10.0. The molecule has 0 aromatic heterocycles. The minimum atomic E-state index is 0.205. The predicted molar refractivity (Wildman–Crippen MR) is 97.9 cm³/mol. The molecule has 1 atom stereocenters. The number of benzene rings is 2. The van der Waals surface area contributed by atoms with Gasteiger partial charge in [-0.1, -0.05) is 57.0 Å². The van der Waals surface area contributed by atoms with E-state index in [-0.39, 0.29) is 6.04 Å². The van der Waals surface area contributed by atoms with E-state index in [1.165, 1.54) is 22.3 Å². The van der Waals surface area contributed by atoms with Crippen molar-refractivity contribution in [2.24, 2.45) is 0 Å². The van der Waals surface area contributed by atoms with Gasteiger partial charge < -0.3 is 5.32 Å². The second-order valence-electron chi connectivity index (χ2n) is 5.40. The Morgan fingerprint density at radius 2 is 1.76 bits per heavy atom. The summed E-state index contributed by atoms with van der Waals surface area (Å²) in [5.74, 6) is 0. The summed E-state index contributed by atoms with van der Waals surface area (Å²) in [5, 5.41) is 3.67. The highest BCUT2D eigenvalue weighted by molar-refractivity contribution is 9.11. The van der Waals surface area contributed by atoms with E-state index in [0.29, 0.717) is 0 Å². The molecule has 0 heterocycles. The van der Waals surface area contributed by atoms with Crippen LogP contribution in [0.5, 0.6) is 0 Å². The van der Waals surface area contributed by atoms with Gasteiger partial charge in [0.1, 0.15) is 0 Å². The van der Waals surface area contributed by atoms with Gasteiger partial charge in [-0.3, -0.25) is 0 Å². The molecule has 1 N–H and O–H groups in total. The standard InChI is InChI=1S/C18H21Br2N/c1-4-9-21-18(14-6-5-12(2)13(3)10-14)16-11-15(19)7-8-17(16)20/h5-8,10-11,18,21H,4,9H2,1-3H3. The molecule has 0 radical (unpaired) electrons. The average Bonchev–Trinajstić information content (AvgIpc) is 2.46. The van der Waals surface area contributed by atoms with Gasteiger partial charge in [0.15, 0.2) is 0 Å². The van der Waals surface area contributed by atoms with E-state index < -0.39 is 0 Å². The van der Waals surface area contributed by atoms with Gasteiger partial charge in [0, 0.05) is 8.95 Å². The monoisotopic (exact) mass is 409 g/mol. The average molecular weight is 411 g/mol. The fraction of sp³-hybridized carbons (Fsp3) is 0.333. The van der Waals surface area contributed by atoms with Gasteiger partial charge in [-0.25, -0.2) is 0 Å². The molecule has 0 amide bonds. The topological polar surface area (TPSA) is 12.0 Å². The van der Waals surface area contributed by atoms with E-state index in [1.807, 2.05) is 0 Å². The van der Waals surface area contributed by atoms with Crippen LogP contribution < -0.4 is 5.32 Å². The Kier molecular flexibility index (Phi) is 6.03. The lowest BCUT2D eigenvalue weighted by molar-refractivity contribution is 0.596. The van der Waals surface area contributed by atoms with Crippen LogP contribution >= 0.6 is 31.9 Å². The zero-order chi connectivity index (χ0) is 15.4. The minimum Gasteiger partial charge on any atom is -0.306 e. The SMILES string of the molecule is CCCNC(c1ccc(C)c(C)c1)c1cc(Br)ccc1Br. The Morgan fingerprint density at radius 3 is 2.43 bits per heavy atom. The zero-order valence-corrected chi connectivity index (χ0v) is 15.9. The van der Waals surface area contributed by atoms with Crippen molar-refractivity contribution in [3.8, 4) is 0 Å². The highest BCUT2D eigenvalue weighted by Gasteiger charge is 2.17. The lowest BCUT2D eigenvalue weighted by atomic mass is 9.95. The van der Waals surface area contributed by atoms with Crippen molar-refractivity contribution in [3.63, 3.8) is 0 Å². The van der Waals surface area contributed by atoms with Crippen LogP contribution in [0, 0.1) is 13.8 Å². The lowest BCUT2D eigenvalue weighted by Crippen LogP contribution is -2.23. The number of hydrogen-bond acceptors (Lipinski definition) is 1. The van der Waals surface area contributed by atoms with Crippen LogP contribution in [0.1, 0.15) is 41.6 Å². The smallest absolute Gasteiger partial charge is 0.0588 e. The number of rotatable bonds is 5. The van der Waals surface area contributed by atoms with Gasteiger partial charge in [-0.2, -0.15) is 0 Å². The van der Waals surface area contributed by atoms with Gasteiger partial charge in [0.05, 0.1) is 6.04 Å². The molecule has 112 valence electrons. The first-order valence-corrected chi connectivity index (χ1v) is 8.87. The third-order valence-corrected chi connectivity index (χ3v) is 4.95. The van der Waals surface area contributed by atoms with Crippen molar-refractivity contribution >= 4 is 31.9 Å². The van der Waals surface area contributed by atoms with Crippen LogP contribution in [0.4, 0.5) is 0 Å². The third-order valence-electron chi connectivity index (χ3n) is 3.73. The minimum absolute atomic E-state index is 0.205. The Labute approximate surface area is 144 Å². The molecule has 0 spiro atoms. The Morgan fingerprint density at radius 1 is 1.00 bits per heavy atom. The maximum Gasteiger partial charge on any atom is 0.0588 e. The quantitative estimate of drug-likeness (QED) is 0.645. The summed E-state index contributed by atoms with van der Waals surface area (Å²) in [6.45, 7) is 7.52. The molecule has 1 unspecified atom stereocenters. The number of hydrogen-bond donors (Lipinski definition) is 1. The van der Waals surface area contributed by atoms with E-state index in [2.05, 4.69) is 94.3 Å². The normalized spacial score (nSPS) is 12.4. The summed E-state index contributed by atoms with van der Waals surface area (Å²) in [4.78, 5) is 0. The summed E-state index contributed by atoms with van der Waals surface area (Å²) in [5.41, 5.74) is 5.25. The van der Waals surface area contributed by atoms with E-state index in [1.54, 1.807) is 0 Å². The van der Waals surface area contributed by atoms with Gasteiger partial charge in [-0.05, 0) is 67.3 Å². The maximum atomic E-state index is 3.69. The van der Waals surface area contributed by atoms with Crippen LogP contribution in [0.2, 0.25) is 0 Å². The second kappa shape index (κ2) is 7.57. The van der Waals surface area contributed by atoms with Crippen molar-refractivity contribution in [1.82, 2.24) is 5.32 Å². The zero-order valence-electron chi connectivity index (χ0n) is 12.7. The molecule has 3 heteroatoms. The number of halogens is 2. The van der Waals surface area contributed by atoms with Crippen LogP contribution in [0.15, 0.2) is 45.3 Å². The Hall–Kier alpha value is -0.640. The summed E-state index contributed by atoms with van der Waals surface area (Å²) in [6, 6.07) is 13.3. The van der Waals surface area contributed by atoms with Gasteiger partial charge in [-0.15, -0.1) is 0 Å². The molecule has 2 aromatic carbocycles. The molecule has 0 fully saturated rings. The molecular formula is C18H21Br2N. The van der Waals surface area contributed by atoms with Gasteiger partial charge in [0.25, 0.3) is 0 Å². The lowest BCUT2D eigenvalue weighted by Gasteiger charge is -2.22. The first kappa shape index (κ1) is 16.7. The van der Waals surface area contributed by atoms with Gasteiger partial charge >= 0.3 is 0 Å². The van der Waals surface area contributed by atoms with E-state index in [9.17, 15) is 0 Å². The molecule has 2 rings (SSSR count). The van der Waals surface area contributed by atoms with E-state index >= 15 is 0 Å². The molecule has 0 aliphatic rings. The molecule has 0 saturated carbocycles. The second-order valence-corrected chi connectivity index (χ2v) is 7.17. The van der Waals surface area contributed by atoms with Crippen LogP contribution in [-0.4, -0.2) is 6.54 Å².